The largest absolute Gasteiger partial charge is 0.536 e. The van der Waals surface area contributed by atoms with Crippen molar-refractivity contribution in [3.8, 4) is 5.75 Å². The molecular weight excluding hydrogens is 354 g/mol. The Labute approximate surface area is 142 Å². The molecule has 1 aromatic rings. The van der Waals surface area contributed by atoms with Crippen molar-refractivity contribution in [2.24, 2.45) is 0 Å². The lowest BCUT2D eigenvalue weighted by molar-refractivity contribution is 0.227. The van der Waals surface area contributed by atoms with Crippen molar-refractivity contribution in [1.82, 2.24) is 0 Å². The molecule has 138 valence electrons. The third kappa shape index (κ3) is 5.99. The summed E-state index contributed by atoms with van der Waals surface area (Å²) in [6, 6.07) is 3.64. The number of phosphoric ester groups is 1. The van der Waals surface area contributed by atoms with Gasteiger partial charge in [-0.2, -0.15) is 4.31 Å². The smallest absolute Gasteiger partial charge is 0.403 e. The molecule has 1 atom stereocenters. The van der Waals surface area contributed by atoms with Gasteiger partial charge in [-0.1, -0.05) is 59.2 Å². The van der Waals surface area contributed by atoms with Crippen molar-refractivity contribution in [3.63, 3.8) is 0 Å². The second kappa shape index (κ2) is 6.56. The Kier molecular flexibility index (Phi) is 5.84. The Bertz CT molecular complexity index is 673. The molecule has 0 aliphatic heterocycles. The Morgan fingerprint density at radius 1 is 0.875 bits per heavy atom. The molecule has 0 amide bonds. The van der Waals surface area contributed by atoms with Gasteiger partial charge in [0, 0.05) is 11.1 Å². The first-order chi connectivity index (χ1) is 10.4. The minimum absolute atomic E-state index is 0.111. The van der Waals surface area contributed by atoms with E-state index in [-0.39, 0.29) is 5.75 Å². The topological polar surface area (TPSA) is 113 Å². The average molecular weight is 380 g/mol. The third-order valence-electron chi connectivity index (χ3n) is 3.27. The van der Waals surface area contributed by atoms with Crippen LogP contribution in [0, 0.1) is 6.92 Å². The van der Waals surface area contributed by atoms with E-state index in [0.29, 0.717) is 11.1 Å². The van der Waals surface area contributed by atoms with Crippen LogP contribution in [0.1, 0.15) is 58.2 Å². The van der Waals surface area contributed by atoms with Crippen LogP contribution in [-0.4, -0.2) is 14.7 Å². The van der Waals surface area contributed by atoms with Crippen LogP contribution in [0.4, 0.5) is 0 Å². The first kappa shape index (κ1) is 21.4. The van der Waals surface area contributed by atoms with Gasteiger partial charge < -0.3 is 14.3 Å². The van der Waals surface area contributed by atoms with Crippen LogP contribution >= 0.6 is 15.6 Å². The number of aryl methyl sites for hydroxylation is 1. The quantitative estimate of drug-likeness (QED) is 0.672. The maximum absolute atomic E-state index is 12.1. The molecule has 7 nitrogen and oxygen atoms in total. The Balaban J connectivity index is 3.60. The molecule has 0 spiro atoms. The zero-order chi connectivity index (χ0) is 19.1. The molecule has 0 heterocycles. The second-order valence-electron chi connectivity index (χ2n) is 7.82. The van der Waals surface area contributed by atoms with Gasteiger partial charge in [0.1, 0.15) is 5.75 Å². The van der Waals surface area contributed by atoms with E-state index < -0.39 is 26.5 Å². The third-order valence-corrected chi connectivity index (χ3v) is 5.36. The molecule has 0 saturated carbocycles. The van der Waals surface area contributed by atoms with Crippen LogP contribution in [0.5, 0.6) is 5.75 Å². The second-order valence-corrected chi connectivity index (χ2v) is 10.6. The summed E-state index contributed by atoms with van der Waals surface area (Å²) in [6.07, 6.45) is 0. The normalized spacial score (nSPS) is 15.9. The maximum Gasteiger partial charge on any atom is 0.536 e. The summed E-state index contributed by atoms with van der Waals surface area (Å²) in [7, 11) is -10.2. The fraction of sp³-hybridized carbons (Fsp3) is 0.600. The van der Waals surface area contributed by atoms with E-state index in [1.807, 2.05) is 60.6 Å². The molecule has 0 saturated heterocycles. The summed E-state index contributed by atoms with van der Waals surface area (Å²) in [5.74, 6) is 0.111. The van der Waals surface area contributed by atoms with Crippen LogP contribution in [0.15, 0.2) is 12.1 Å². The number of hydrogen-bond donors (Lipinski definition) is 3. The van der Waals surface area contributed by atoms with Crippen LogP contribution in [0.25, 0.3) is 0 Å². The molecule has 9 heteroatoms. The number of rotatable bonds is 4. The standard InChI is InChI=1S/C15H26O7P2/c1-10-8-11(14(2,3)4)13(12(9-10)15(5,6)7)21-24(19,20)22-23(16,17)18/h8-9H,1-7H3,(H,19,20)(H2,16,17,18). The molecule has 0 aliphatic rings. The summed E-state index contributed by atoms with van der Waals surface area (Å²) in [5.41, 5.74) is 1.39. The monoisotopic (exact) mass is 380 g/mol. The summed E-state index contributed by atoms with van der Waals surface area (Å²) >= 11 is 0. The lowest BCUT2D eigenvalue weighted by atomic mass is 9.78. The van der Waals surface area contributed by atoms with Gasteiger partial charge in [0.2, 0.25) is 0 Å². The van der Waals surface area contributed by atoms with Gasteiger partial charge in [-0.25, -0.2) is 9.13 Å². The van der Waals surface area contributed by atoms with Crippen molar-refractivity contribution < 1.29 is 32.6 Å². The first-order valence-corrected chi connectivity index (χ1v) is 10.4. The lowest BCUT2D eigenvalue weighted by Gasteiger charge is -2.30. The molecule has 0 aromatic heterocycles. The fourth-order valence-electron chi connectivity index (χ4n) is 2.25. The molecule has 24 heavy (non-hydrogen) atoms. The van der Waals surface area contributed by atoms with Gasteiger partial charge >= 0.3 is 15.6 Å². The van der Waals surface area contributed by atoms with Crippen LogP contribution in [0.2, 0.25) is 0 Å². The highest BCUT2D eigenvalue weighted by Gasteiger charge is 2.37. The number of phosphoric acid groups is 2. The SMILES string of the molecule is Cc1cc(C(C)(C)C)c(OP(=O)(O)OP(=O)(O)O)c(C(C)(C)C)c1. The molecule has 0 aliphatic carbocycles. The number of benzene rings is 1. The highest BCUT2D eigenvalue weighted by Crippen LogP contribution is 2.59. The molecular formula is C15H26O7P2. The number of hydrogen-bond acceptors (Lipinski definition) is 4. The van der Waals surface area contributed by atoms with E-state index >= 15 is 0 Å². The van der Waals surface area contributed by atoms with Gasteiger partial charge in [0.05, 0.1) is 0 Å². The van der Waals surface area contributed by atoms with E-state index in [4.69, 9.17) is 14.3 Å². The fourth-order valence-corrected chi connectivity index (χ4v) is 3.89. The van der Waals surface area contributed by atoms with Gasteiger partial charge in [-0.05, 0) is 17.8 Å². The summed E-state index contributed by atoms with van der Waals surface area (Å²) in [5, 5.41) is 0. The van der Waals surface area contributed by atoms with Crippen LogP contribution in [-0.2, 0) is 24.3 Å². The molecule has 0 bridgehead atoms. The van der Waals surface area contributed by atoms with Gasteiger partial charge in [-0.3, -0.25) is 4.89 Å². The van der Waals surface area contributed by atoms with E-state index in [1.165, 1.54) is 0 Å². The summed E-state index contributed by atoms with van der Waals surface area (Å²) < 4.78 is 32.1. The Hall–Kier alpha value is -0.680. The molecule has 0 fully saturated rings. The van der Waals surface area contributed by atoms with Gasteiger partial charge in [0.25, 0.3) is 0 Å². The Morgan fingerprint density at radius 2 is 1.25 bits per heavy atom. The van der Waals surface area contributed by atoms with Crippen LogP contribution < -0.4 is 4.52 Å². The first-order valence-electron chi connectivity index (χ1n) is 7.37. The maximum atomic E-state index is 12.1. The molecule has 1 aromatic carbocycles. The average Bonchev–Trinajstić information content (AvgIpc) is 2.24. The van der Waals surface area contributed by atoms with Crippen molar-refractivity contribution >= 4 is 15.6 Å². The van der Waals surface area contributed by atoms with Gasteiger partial charge in [-0.15, -0.1) is 0 Å². The predicted octanol–water partition coefficient (Wildman–Crippen LogP) is 4.18. The van der Waals surface area contributed by atoms with Crippen LogP contribution in [0.3, 0.4) is 0 Å². The zero-order valence-corrected chi connectivity index (χ0v) is 16.8. The lowest BCUT2D eigenvalue weighted by Crippen LogP contribution is -2.19. The van der Waals surface area contributed by atoms with E-state index in [9.17, 15) is 14.0 Å². The Morgan fingerprint density at radius 3 is 1.54 bits per heavy atom. The van der Waals surface area contributed by atoms with E-state index in [2.05, 4.69) is 4.31 Å². The van der Waals surface area contributed by atoms with Crippen molar-refractivity contribution in [2.75, 3.05) is 0 Å². The van der Waals surface area contributed by atoms with Crippen molar-refractivity contribution in [1.29, 1.82) is 0 Å². The molecule has 1 rings (SSSR count). The van der Waals surface area contributed by atoms with Crippen molar-refractivity contribution in [2.45, 2.75) is 59.3 Å². The van der Waals surface area contributed by atoms with Crippen molar-refractivity contribution in [3.05, 3.63) is 28.8 Å². The highest BCUT2D eigenvalue weighted by atomic mass is 31.3. The predicted molar refractivity (Wildman–Crippen MR) is 92.2 cm³/mol. The molecule has 3 N–H and O–H groups in total. The van der Waals surface area contributed by atoms with E-state index in [1.54, 1.807) is 0 Å². The summed E-state index contributed by atoms with van der Waals surface area (Å²) in [6.45, 7) is 13.4. The minimum atomic E-state index is -5.18. The minimum Gasteiger partial charge on any atom is -0.403 e. The highest BCUT2D eigenvalue weighted by molar-refractivity contribution is 7.60. The molecule has 0 radical (unpaired) electrons. The summed E-state index contributed by atoms with van der Waals surface area (Å²) in [4.78, 5) is 27.4. The van der Waals surface area contributed by atoms with E-state index in [0.717, 1.165) is 5.56 Å². The zero-order valence-electron chi connectivity index (χ0n) is 15.0. The van der Waals surface area contributed by atoms with Gasteiger partial charge in [0.15, 0.2) is 0 Å². The molecule has 1 unspecified atom stereocenters.